The van der Waals surface area contributed by atoms with Crippen LogP contribution in [0.25, 0.3) is 21.6 Å². The van der Waals surface area contributed by atoms with Gasteiger partial charge in [0.15, 0.2) is 11.5 Å². The molecule has 0 aliphatic carbocycles. The lowest BCUT2D eigenvalue weighted by molar-refractivity contribution is 0.0730. The topological polar surface area (TPSA) is 90.6 Å². The van der Waals surface area contributed by atoms with Crippen molar-refractivity contribution in [1.82, 2.24) is 14.9 Å². The van der Waals surface area contributed by atoms with Crippen LogP contribution in [-0.4, -0.2) is 40.7 Å². The lowest BCUT2D eigenvalue weighted by Gasteiger charge is -2.26. The summed E-state index contributed by atoms with van der Waals surface area (Å²) in [6.07, 6.45) is 4.94. The summed E-state index contributed by atoms with van der Waals surface area (Å²) in [6, 6.07) is 5.66. The molecule has 2 aliphatic rings. The minimum absolute atomic E-state index is 0.0124. The van der Waals surface area contributed by atoms with E-state index in [1.165, 1.54) is 17.8 Å². The number of benzene rings is 1. The molecular formula is C19H18N4O3S. The van der Waals surface area contributed by atoms with Gasteiger partial charge in [0.1, 0.15) is 15.2 Å². The van der Waals surface area contributed by atoms with Crippen LogP contribution < -0.4 is 15.2 Å². The molecule has 3 aromatic rings. The predicted octanol–water partition coefficient (Wildman–Crippen LogP) is 3.30. The minimum atomic E-state index is -0.0124. The lowest BCUT2D eigenvalue weighted by Crippen LogP contribution is -2.35. The van der Waals surface area contributed by atoms with Gasteiger partial charge in [-0.1, -0.05) is 0 Å². The van der Waals surface area contributed by atoms with E-state index in [4.69, 9.17) is 15.2 Å². The van der Waals surface area contributed by atoms with Crippen molar-refractivity contribution in [2.24, 2.45) is 0 Å². The summed E-state index contributed by atoms with van der Waals surface area (Å²) in [6.45, 7) is 1.80. The van der Waals surface area contributed by atoms with E-state index >= 15 is 0 Å². The second-order valence-electron chi connectivity index (χ2n) is 6.67. The van der Waals surface area contributed by atoms with E-state index < -0.39 is 0 Å². The van der Waals surface area contributed by atoms with Crippen LogP contribution in [0.5, 0.6) is 11.5 Å². The van der Waals surface area contributed by atoms with Crippen LogP contribution in [0.4, 0.5) is 5.69 Å². The first-order valence-electron chi connectivity index (χ1n) is 8.95. The number of likely N-dealkylation sites (tertiary alicyclic amines) is 1. The Labute approximate surface area is 159 Å². The van der Waals surface area contributed by atoms with Crippen LogP contribution in [0.1, 0.15) is 28.9 Å². The zero-order chi connectivity index (χ0) is 18.4. The van der Waals surface area contributed by atoms with Crippen molar-refractivity contribution < 1.29 is 14.3 Å². The molecule has 0 spiro atoms. The molecule has 5 rings (SSSR count). The Hall–Kier alpha value is -2.87. The van der Waals surface area contributed by atoms with Crippen LogP contribution in [0.3, 0.4) is 0 Å². The number of anilines is 1. The van der Waals surface area contributed by atoms with Gasteiger partial charge in [-0.05, 0) is 37.5 Å². The summed E-state index contributed by atoms with van der Waals surface area (Å²) in [5.74, 6) is 1.41. The van der Waals surface area contributed by atoms with Crippen molar-refractivity contribution in [2.75, 3.05) is 25.6 Å². The summed E-state index contributed by atoms with van der Waals surface area (Å²) in [5, 5.41) is 0. The van der Waals surface area contributed by atoms with Gasteiger partial charge in [0, 0.05) is 18.7 Å². The molecule has 0 bridgehead atoms. The van der Waals surface area contributed by atoms with Crippen molar-refractivity contribution in [3.63, 3.8) is 0 Å². The van der Waals surface area contributed by atoms with Gasteiger partial charge in [-0.3, -0.25) is 4.79 Å². The molecule has 1 fully saturated rings. The molecule has 2 aliphatic heterocycles. The Balaban J connectivity index is 1.51. The normalized spacial score (nSPS) is 16.1. The predicted molar refractivity (Wildman–Crippen MR) is 103 cm³/mol. The van der Waals surface area contributed by atoms with Crippen molar-refractivity contribution >= 4 is 33.3 Å². The van der Waals surface area contributed by atoms with Crippen LogP contribution >= 0.6 is 11.3 Å². The molecule has 8 heteroatoms. The van der Waals surface area contributed by atoms with E-state index in [1.54, 1.807) is 6.20 Å². The number of aromatic nitrogens is 2. The Bertz CT molecular complexity index is 1040. The monoisotopic (exact) mass is 382 g/mol. The van der Waals surface area contributed by atoms with Gasteiger partial charge in [0.05, 0.1) is 17.6 Å². The van der Waals surface area contributed by atoms with Gasteiger partial charge in [0.2, 0.25) is 6.79 Å². The number of hydrogen-bond donors (Lipinski definition) is 1. The molecular weight excluding hydrogens is 364 g/mol. The maximum absolute atomic E-state index is 12.8. The van der Waals surface area contributed by atoms with Crippen LogP contribution in [0.2, 0.25) is 0 Å². The van der Waals surface area contributed by atoms with Crippen molar-refractivity contribution in [3.8, 4) is 22.8 Å². The molecule has 4 heterocycles. The van der Waals surface area contributed by atoms with Crippen LogP contribution in [0, 0.1) is 0 Å². The quantitative estimate of drug-likeness (QED) is 0.731. The number of carbonyl (C=O) groups is 1. The smallest absolute Gasteiger partial charge is 0.266 e. The van der Waals surface area contributed by atoms with Crippen molar-refractivity contribution in [1.29, 1.82) is 0 Å². The highest BCUT2D eigenvalue weighted by Crippen LogP contribution is 2.37. The first-order valence-corrected chi connectivity index (χ1v) is 9.76. The molecule has 0 saturated carbocycles. The van der Waals surface area contributed by atoms with Crippen LogP contribution in [0.15, 0.2) is 24.4 Å². The standard InChI is InChI=1S/C19H18N4O3S/c20-15-16-18(27-17(15)19(24)23-6-2-1-3-7-23)22-12(9-21-16)11-4-5-13-14(8-11)26-10-25-13/h4-5,8-9H,1-3,6-7,10,20H2. The molecule has 7 nitrogen and oxygen atoms in total. The number of nitrogens with two attached hydrogens (primary N) is 1. The number of hydrogen-bond acceptors (Lipinski definition) is 7. The van der Waals surface area contributed by atoms with Gasteiger partial charge in [0.25, 0.3) is 5.91 Å². The number of piperidine rings is 1. The molecule has 1 amide bonds. The first-order chi connectivity index (χ1) is 13.2. The fourth-order valence-corrected chi connectivity index (χ4v) is 4.50. The third-order valence-electron chi connectivity index (χ3n) is 4.94. The largest absolute Gasteiger partial charge is 0.454 e. The van der Waals surface area contributed by atoms with E-state index in [0.29, 0.717) is 32.4 Å². The van der Waals surface area contributed by atoms with E-state index in [1.807, 2.05) is 23.1 Å². The molecule has 138 valence electrons. The van der Waals surface area contributed by atoms with Gasteiger partial charge < -0.3 is 20.1 Å². The summed E-state index contributed by atoms with van der Waals surface area (Å²) >= 11 is 1.31. The van der Waals surface area contributed by atoms with Crippen molar-refractivity contribution in [3.05, 3.63) is 29.3 Å². The van der Waals surface area contributed by atoms with E-state index in [0.717, 1.165) is 37.2 Å². The SMILES string of the molecule is Nc1c(C(=O)N2CCCCC2)sc2nc(-c3ccc4c(c3)OCO4)cnc12. The highest BCUT2D eigenvalue weighted by atomic mass is 32.1. The molecule has 2 N–H and O–H groups in total. The fourth-order valence-electron chi connectivity index (χ4n) is 3.48. The van der Waals surface area contributed by atoms with E-state index in [-0.39, 0.29) is 12.7 Å². The average Bonchev–Trinajstić information content (AvgIpc) is 3.31. The Morgan fingerprint density at radius 3 is 2.81 bits per heavy atom. The molecule has 1 aromatic carbocycles. The number of nitrogen functional groups attached to an aromatic ring is 1. The minimum Gasteiger partial charge on any atom is -0.454 e. The number of nitrogens with zero attached hydrogens (tertiary/aromatic N) is 3. The number of carbonyl (C=O) groups excluding carboxylic acids is 1. The number of amides is 1. The number of thiophene rings is 1. The third kappa shape index (κ3) is 2.76. The average molecular weight is 382 g/mol. The van der Waals surface area contributed by atoms with Gasteiger partial charge in [-0.15, -0.1) is 11.3 Å². The summed E-state index contributed by atoms with van der Waals surface area (Å²) in [5.41, 5.74) is 8.83. The molecule has 2 aromatic heterocycles. The van der Waals surface area contributed by atoms with Crippen molar-refractivity contribution in [2.45, 2.75) is 19.3 Å². The van der Waals surface area contributed by atoms with E-state index in [2.05, 4.69) is 9.97 Å². The Morgan fingerprint density at radius 2 is 1.96 bits per heavy atom. The zero-order valence-electron chi connectivity index (χ0n) is 14.6. The van der Waals surface area contributed by atoms with E-state index in [9.17, 15) is 4.79 Å². The molecule has 0 atom stereocenters. The Kier molecular flexibility index (Phi) is 3.86. The second-order valence-corrected chi connectivity index (χ2v) is 7.67. The maximum Gasteiger partial charge on any atom is 0.266 e. The zero-order valence-corrected chi connectivity index (χ0v) is 15.4. The molecule has 27 heavy (non-hydrogen) atoms. The molecule has 1 saturated heterocycles. The highest BCUT2D eigenvalue weighted by molar-refractivity contribution is 7.21. The Morgan fingerprint density at radius 1 is 1.15 bits per heavy atom. The summed E-state index contributed by atoms with van der Waals surface area (Å²) < 4.78 is 10.8. The van der Waals surface area contributed by atoms with Gasteiger partial charge in [-0.25, -0.2) is 9.97 Å². The number of fused-ring (bicyclic) bond motifs is 2. The van der Waals surface area contributed by atoms with Gasteiger partial charge in [-0.2, -0.15) is 0 Å². The highest BCUT2D eigenvalue weighted by Gasteiger charge is 2.25. The molecule has 0 radical (unpaired) electrons. The van der Waals surface area contributed by atoms with Crippen LogP contribution in [-0.2, 0) is 0 Å². The maximum atomic E-state index is 12.8. The summed E-state index contributed by atoms with van der Waals surface area (Å²) in [7, 11) is 0. The molecule has 0 unspecified atom stereocenters. The first kappa shape index (κ1) is 16.3. The number of ether oxygens (including phenoxy) is 2. The lowest BCUT2D eigenvalue weighted by atomic mass is 10.1. The van der Waals surface area contributed by atoms with Gasteiger partial charge >= 0.3 is 0 Å². The fraction of sp³-hybridized carbons (Fsp3) is 0.316. The summed E-state index contributed by atoms with van der Waals surface area (Å²) in [4.78, 5) is 25.1. The second kappa shape index (κ2) is 6.38. The number of rotatable bonds is 2. The third-order valence-corrected chi connectivity index (χ3v) is 6.02.